The van der Waals surface area contributed by atoms with E-state index in [0.717, 1.165) is 25.2 Å². The van der Waals surface area contributed by atoms with Crippen molar-refractivity contribution in [2.24, 2.45) is 0 Å². The van der Waals surface area contributed by atoms with Gasteiger partial charge in [0.25, 0.3) is 0 Å². The summed E-state index contributed by atoms with van der Waals surface area (Å²) in [5, 5.41) is 0. The van der Waals surface area contributed by atoms with Crippen LogP contribution in [0.25, 0.3) is 0 Å². The number of aryl methyl sites for hydroxylation is 1. The van der Waals surface area contributed by atoms with Crippen molar-refractivity contribution in [3.05, 3.63) is 136 Å². The third kappa shape index (κ3) is 4.33. The van der Waals surface area contributed by atoms with E-state index >= 15 is 0 Å². The van der Waals surface area contributed by atoms with Gasteiger partial charge in [-0.25, -0.2) is 0 Å². The molecule has 0 saturated carbocycles. The van der Waals surface area contributed by atoms with Crippen molar-refractivity contribution >= 4 is 0 Å². The minimum absolute atomic E-state index is 0.439. The Morgan fingerprint density at radius 2 is 1.15 bits per heavy atom. The van der Waals surface area contributed by atoms with E-state index in [4.69, 9.17) is 4.74 Å². The molecule has 0 aromatic heterocycles. The number of rotatable bonds is 4. The molecule has 0 saturated heterocycles. The first-order valence-electron chi connectivity index (χ1n) is 12.3. The average Bonchev–Trinajstić information content (AvgIpc) is 2.89. The van der Waals surface area contributed by atoms with Crippen LogP contribution in [-0.4, -0.2) is 6.61 Å². The Labute approximate surface area is 197 Å². The van der Waals surface area contributed by atoms with Crippen molar-refractivity contribution in [1.29, 1.82) is 0 Å². The summed E-state index contributed by atoms with van der Waals surface area (Å²) >= 11 is 0. The van der Waals surface area contributed by atoms with Crippen molar-refractivity contribution in [3.8, 4) is 5.75 Å². The lowest BCUT2D eigenvalue weighted by molar-refractivity contribution is 0.262. The van der Waals surface area contributed by atoms with E-state index in [9.17, 15) is 0 Å². The maximum atomic E-state index is 6.00. The van der Waals surface area contributed by atoms with Gasteiger partial charge < -0.3 is 4.74 Å². The van der Waals surface area contributed by atoms with E-state index in [2.05, 4.69) is 97.1 Å². The third-order valence-corrected chi connectivity index (χ3v) is 7.54. The van der Waals surface area contributed by atoms with Crippen LogP contribution in [0, 0.1) is 0 Å². The molecule has 0 amide bonds. The number of fused-ring (bicyclic) bond motifs is 2. The Balaban J connectivity index is 1.10. The number of para-hydroxylation sites is 1. The topological polar surface area (TPSA) is 9.23 Å². The highest BCUT2D eigenvalue weighted by atomic mass is 16.5. The normalized spacial score (nSPS) is 19.3. The number of benzene rings is 4. The molecule has 4 aromatic carbocycles. The second-order valence-electron chi connectivity index (χ2n) is 9.69. The highest BCUT2D eigenvalue weighted by molar-refractivity contribution is 5.39. The van der Waals surface area contributed by atoms with Gasteiger partial charge in [-0.15, -0.1) is 0 Å². The standard InChI is InChI=1S/C32H30O/c1-2-6-28-20-29(18-17-25(28)5-1)26-13-9-23(10-14-26)19-24-11-15-27(16-12-24)31-21-30-7-3-4-8-32(30)33-22-31/h1-16,29,31H,17-22H2. The molecule has 2 aliphatic rings. The van der Waals surface area contributed by atoms with Crippen LogP contribution in [-0.2, 0) is 25.7 Å². The molecular weight excluding hydrogens is 400 g/mol. The molecule has 1 aliphatic carbocycles. The molecule has 1 heterocycles. The molecule has 164 valence electrons. The lowest BCUT2D eigenvalue weighted by atomic mass is 9.80. The summed E-state index contributed by atoms with van der Waals surface area (Å²) in [5.74, 6) is 2.14. The van der Waals surface area contributed by atoms with Gasteiger partial charge in [0, 0.05) is 5.92 Å². The minimum atomic E-state index is 0.439. The fourth-order valence-corrected chi connectivity index (χ4v) is 5.58. The predicted octanol–water partition coefficient (Wildman–Crippen LogP) is 7.27. The summed E-state index contributed by atoms with van der Waals surface area (Å²) < 4.78 is 6.00. The van der Waals surface area contributed by atoms with E-state index < -0.39 is 0 Å². The van der Waals surface area contributed by atoms with Crippen LogP contribution in [0.3, 0.4) is 0 Å². The molecule has 1 aliphatic heterocycles. The van der Waals surface area contributed by atoms with E-state index in [0.29, 0.717) is 11.8 Å². The highest BCUT2D eigenvalue weighted by Gasteiger charge is 2.21. The molecule has 2 atom stereocenters. The van der Waals surface area contributed by atoms with Crippen molar-refractivity contribution in [2.45, 2.75) is 43.9 Å². The van der Waals surface area contributed by atoms with Gasteiger partial charge in [0.1, 0.15) is 5.75 Å². The van der Waals surface area contributed by atoms with Crippen molar-refractivity contribution in [2.75, 3.05) is 6.61 Å². The lowest BCUT2D eigenvalue weighted by Gasteiger charge is -2.25. The van der Waals surface area contributed by atoms with Crippen molar-refractivity contribution in [3.63, 3.8) is 0 Å². The van der Waals surface area contributed by atoms with Crippen molar-refractivity contribution < 1.29 is 4.74 Å². The van der Waals surface area contributed by atoms with Gasteiger partial charge in [-0.05, 0) is 83.0 Å². The Kier molecular flexibility index (Phi) is 5.48. The quantitative estimate of drug-likeness (QED) is 0.331. The smallest absolute Gasteiger partial charge is 0.122 e. The maximum Gasteiger partial charge on any atom is 0.122 e. The van der Waals surface area contributed by atoms with E-state index in [1.807, 2.05) is 0 Å². The van der Waals surface area contributed by atoms with Gasteiger partial charge in [-0.3, -0.25) is 0 Å². The number of hydrogen-bond donors (Lipinski definition) is 0. The predicted molar refractivity (Wildman–Crippen MR) is 135 cm³/mol. The maximum absolute atomic E-state index is 6.00. The molecule has 2 unspecified atom stereocenters. The zero-order valence-electron chi connectivity index (χ0n) is 19.0. The van der Waals surface area contributed by atoms with Crippen molar-refractivity contribution in [1.82, 2.24) is 0 Å². The summed E-state index contributed by atoms with van der Waals surface area (Å²) in [7, 11) is 0. The summed E-state index contributed by atoms with van der Waals surface area (Å²) in [6, 6.07) is 35.9. The van der Waals surface area contributed by atoms with E-state index in [1.165, 1.54) is 58.2 Å². The first kappa shape index (κ1) is 20.3. The van der Waals surface area contributed by atoms with Crippen LogP contribution in [0.2, 0.25) is 0 Å². The molecule has 1 nitrogen and oxygen atoms in total. The number of hydrogen-bond acceptors (Lipinski definition) is 1. The molecule has 0 spiro atoms. The largest absolute Gasteiger partial charge is 0.493 e. The van der Waals surface area contributed by atoms with Crippen LogP contribution >= 0.6 is 0 Å². The second kappa shape index (κ2) is 8.90. The zero-order valence-corrected chi connectivity index (χ0v) is 19.0. The van der Waals surface area contributed by atoms with Gasteiger partial charge in [0.2, 0.25) is 0 Å². The monoisotopic (exact) mass is 430 g/mol. The summed E-state index contributed by atoms with van der Waals surface area (Å²) in [6.45, 7) is 0.767. The Morgan fingerprint density at radius 1 is 0.576 bits per heavy atom. The summed E-state index contributed by atoms with van der Waals surface area (Å²) in [6.07, 6.45) is 5.67. The molecular formula is C32H30O. The van der Waals surface area contributed by atoms with Crippen LogP contribution in [0.1, 0.15) is 57.2 Å². The molecule has 0 N–H and O–H groups in total. The van der Waals surface area contributed by atoms with Gasteiger partial charge in [-0.2, -0.15) is 0 Å². The molecule has 33 heavy (non-hydrogen) atoms. The fraction of sp³-hybridized carbons (Fsp3) is 0.250. The van der Waals surface area contributed by atoms with Crippen LogP contribution < -0.4 is 4.74 Å². The fourth-order valence-electron chi connectivity index (χ4n) is 5.58. The molecule has 6 rings (SSSR count). The highest BCUT2D eigenvalue weighted by Crippen LogP contribution is 2.34. The van der Waals surface area contributed by atoms with Gasteiger partial charge in [0.15, 0.2) is 0 Å². The third-order valence-electron chi connectivity index (χ3n) is 7.54. The van der Waals surface area contributed by atoms with Crippen LogP contribution in [0.4, 0.5) is 0 Å². The van der Waals surface area contributed by atoms with E-state index in [-0.39, 0.29) is 0 Å². The molecule has 0 fully saturated rings. The van der Waals surface area contributed by atoms with Crippen LogP contribution in [0.15, 0.2) is 97.1 Å². The minimum Gasteiger partial charge on any atom is -0.493 e. The summed E-state index contributed by atoms with van der Waals surface area (Å²) in [5.41, 5.74) is 10.0. The average molecular weight is 431 g/mol. The molecule has 0 bridgehead atoms. The Hall–Kier alpha value is -3.32. The summed E-state index contributed by atoms with van der Waals surface area (Å²) in [4.78, 5) is 0. The molecule has 1 heteroatoms. The number of ether oxygens (including phenoxy) is 1. The van der Waals surface area contributed by atoms with E-state index in [1.54, 1.807) is 0 Å². The second-order valence-corrected chi connectivity index (χ2v) is 9.69. The zero-order chi connectivity index (χ0) is 22.0. The van der Waals surface area contributed by atoms with Gasteiger partial charge >= 0.3 is 0 Å². The SMILES string of the molecule is c1ccc2c(c1)CCC(c1ccc(Cc3ccc(C4COc5ccccc5C4)cc3)cc1)C2. The Bertz CT molecular complexity index is 1140. The lowest BCUT2D eigenvalue weighted by Crippen LogP contribution is -2.19. The molecule has 0 radical (unpaired) electrons. The molecule has 4 aromatic rings. The van der Waals surface area contributed by atoms with Gasteiger partial charge in [-0.1, -0.05) is 91.0 Å². The Morgan fingerprint density at radius 3 is 1.88 bits per heavy atom. The first-order valence-corrected chi connectivity index (χ1v) is 12.3. The van der Waals surface area contributed by atoms with Gasteiger partial charge in [0.05, 0.1) is 6.61 Å². The first-order chi connectivity index (χ1) is 16.3. The van der Waals surface area contributed by atoms with Crippen LogP contribution in [0.5, 0.6) is 5.75 Å².